The summed E-state index contributed by atoms with van der Waals surface area (Å²) in [6.07, 6.45) is 11.3. The maximum atomic E-state index is 13.1. The SMILES string of the molecule is CCO[C@@H]1C[C@H](N[C@@H](C)C(=O)N2CCN(c3ncccn3)CC2)C12CCCCC2. The van der Waals surface area contributed by atoms with Gasteiger partial charge in [-0.3, -0.25) is 4.79 Å². The van der Waals surface area contributed by atoms with E-state index in [9.17, 15) is 4.79 Å². The predicted octanol–water partition coefficient (Wildman–Crippen LogP) is 2.23. The third-order valence-electron chi connectivity index (χ3n) is 7.19. The molecule has 4 rings (SSSR count). The van der Waals surface area contributed by atoms with Gasteiger partial charge in [-0.1, -0.05) is 19.3 Å². The summed E-state index contributed by atoms with van der Waals surface area (Å²) in [5.41, 5.74) is 0.242. The molecule has 0 radical (unpaired) electrons. The minimum Gasteiger partial charge on any atom is -0.378 e. The molecule has 0 unspecified atom stereocenters. The van der Waals surface area contributed by atoms with Gasteiger partial charge in [0.05, 0.1) is 12.1 Å². The Kier molecular flexibility index (Phi) is 6.35. The lowest BCUT2D eigenvalue weighted by Gasteiger charge is -2.58. The van der Waals surface area contributed by atoms with Crippen LogP contribution >= 0.6 is 0 Å². The van der Waals surface area contributed by atoms with Crippen LogP contribution < -0.4 is 10.2 Å². The first-order valence-corrected chi connectivity index (χ1v) is 11.3. The smallest absolute Gasteiger partial charge is 0.239 e. The van der Waals surface area contributed by atoms with Gasteiger partial charge in [-0.2, -0.15) is 0 Å². The number of hydrogen-bond acceptors (Lipinski definition) is 6. The van der Waals surface area contributed by atoms with E-state index in [0.29, 0.717) is 12.1 Å². The first-order chi connectivity index (χ1) is 14.1. The van der Waals surface area contributed by atoms with Gasteiger partial charge in [-0.15, -0.1) is 0 Å². The number of piperazine rings is 1. The summed E-state index contributed by atoms with van der Waals surface area (Å²) >= 11 is 0. The van der Waals surface area contributed by atoms with Crippen molar-refractivity contribution in [1.29, 1.82) is 0 Å². The van der Waals surface area contributed by atoms with E-state index < -0.39 is 0 Å². The molecule has 2 aliphatic carbocycles. The first-order valence-electron chi connectivity index (χ1n) is 11.3. The number of carbonyl (C=O) groups excluding carboxylic acids is 1. The number of nitrogens with zero attached hydrogens (tertiary/aromatic N) is 4. The number of anilines is 1. The van der Waals surface area contributed by atoms with E-state index >= 15 is 0 Å². The molecule has 1 aromatic rings. The van der Waals surface area contributed by atoms with Crippen molar-refractivity contribution < 1.29 is 9.53 Å². The van der Waals surface area contributed by atoms with Gasteiger partial charge < -0.3 is 19.9 Å². The molecule has 1 aromatic heterocycles. The van der Waals surface area contributed by atoms with E-state index in [1.54, 1.807) is 12.4 Å². The van der Waals surface area contributed by atoms with Crippen molar-refractivity contribution in [2.24, 2.45) is 5.41 Å². The second-order valence-electron chi connectivity index (χ2n) is 8.78. The third kappa shape index (κ3) is 4.12. The molecule has 1 aliphatic heterocycles. The van der Waals surface area contributed by atoms with Crippen molar-refractivity contribution in [3.05, 3.63) is 18.5 Å². The van der Waals surface area contributed by atoms with Gasteiger partial charge in [-0.25, -0.2) is 9.97 Å². The number of carbonyl (C=O) groups is 1. The molecule has 0 bridgehead atoms. The van der Waals surface area contributed by atoms with E-state index in [1.807, 2.05) is 17.9 Å². The molecular formula is C22H35N5O2. The number of nitrogens with one attached hydrogen (secondary N) is 1. The fraction of sp³-hybridized carbons (Fsp3) is 0.773. The highest BCUT2D eigenvalue weighted by Crippen LogP contribution is 2.53. The van der Waals surface area contributed by atoms with E-state index in [0.717, 1.165) is 45.2 Å². The van der Waals surface area contributed by atoms with Crippen LogP contribution in [0.25, 0.3) is 0 Å². The number of aromatic nitrogens is 2. The number of rotatable bonds is 6. The highest BCUT2D eigenvalue weighted by molar-refractivity contribution is 5.81. The molecule has 1 N–H and O–H groups in total. The molecule has 3 fully saturated rings. The Labute approximate surface area is 174 Å². The molecule has 7 nitrogen and oxygen atoms in total. The monoisotopic (exact) mass is 401 g/mol. The maximum Gasteiger partial charge on any atom is 0.239 e. The highest BCUT2D eigenvalue weighted by atomic mass is 16.5. The molecule has 29 heavy (non-hydrogen) atoms. The molecule has 2 heterocycles. The van der Waals surface area contributed by atoms with Crippen LogP contribution in [0.1, 0.15) is 52.4 Å². The van der Waals surface area contributed by atoms with Crippen LogP contribution in [0.2, 0.25) is 0 Å². The van der Waals surface area contributed by atoms with Gasteiger partial charge in [0.2, 0.25) is 11.9 Å². The predicted molar refractivity (Wildman–Crippen MR) is 113 cm³/mol. The fourth-order valence-electron chi connectivity index (χ4n) is 5.53. The van der Waals surface area contributed by atoms with Crippen LogP contribution in [-0.4, -0.2) is 71.7 Å². The molecular weight excluding hydrogens is 366 g/mol. The van der Waals surface area contributed by atoms with Crippen molar-refractivity contribution in [3.8, 4) is 0 Å². The quantitative estimate of drug-likeness (QED) is 0.788. The Balaban J connectivity index is 1.31. The van der Waals surface area contributed by atoms with Crippen LogP contribution in [0.4, 0.5) is 5.95 Å². The van der Waals surface area contributed by atoms with Gasteiger partial charge in [-0.05, 0) is 39.2 Å². The van der Waals surface area contributed by atoms with Gasteiger partial charge in [0.1, 0.15) is 0 Å². The molecule has 1 amide bonds. The van der Waals surface area contributed by atoms with Crippen LogP contribution in [0.3, 0.4) is 0 Å². The lowest BCUT2D eigenvalue weighted by Crippen LogP contribution is -2.67. The molecule has 3 atom stereocenters. The summed E-state index contributed by atoms with van der Waals surface area (Å²) in [4.78, 5) is 25.9. The number of ether oxygens (including phenoxy) is 1. The second-order valence-corrected chi connectivity index (χ2v) is 8.78. The Bertz CT molecular complexity index is 671. The highest BCUT2D eigenvalue weighted by Gasteiger charge is 2.56. The van der Waals surface area contributed by atoms with Gasteiger partial charge in [0, 0.05) is 56.6 Å². The van der Waals surface area contributed by atoms with Crippen molar-refractivity contribution >= 4 is 11.9 Å². The molecule has 2 saturated carbocycles. The Morgan fingerprint density at radius 3 is 2.55 bits per heavy atom. The minimum atomic E-state index is -0.152. The second kappa shape index (κ2) is 8.96. The van der Waals surface area contributed by atoms with E-state index in [4.69, 9.17) is 4.74 Å². The van der Waals surface area contributed by atoms with Crippen molar-refractivity contribution in [1.82, 2.24) is 20.2 Å². The normalized spacial score (nSPS) is 27.5. The van der Waals surface area contributed by atoms with E-state index in [2.05, 4.69) is 27.1 Å². The average molecular weight is 402 g/mol. The van der Waals surface area contributed by atoms with Crippen molar-refractivity contribution in [3.63, 3.8) is 0 Å². The van der Waals surface area contributed by atoms with Gasteiger partial charge >= 0.3 is 0 Å². The summed E-state index contributed by atoms with van der Waals surface area (Å²) in [5, 5.41) is 3.70. The first kappa shape index (κ1) is 20.5. The van der Waals surface area contributed by atoms with Crippen LogP contribution in [0.15, 0.2) is 18.5 Å². The van der Waals surface area contributed by atoms with Crippen LogP contribution in [0.5, 0.6) is 0 Å². The zero-order valence-corrected chi connectivity index (χ0v) is 17.8. The third-order valence-corrected chi connectivity index (χ3v) is 7.19. The summed E-state index contributed by atoms with van der Waals surface area (Å²) < 4.78 is 6.06. The minimum absolute atomic E-state index is 0.152. The molecule has 1 spiro atoms. The topological polar surface area (TPSA) is 70.6 Å². The molecule has 0 aromatic carbocycles. The summed E-state index contributed by atoms with van der Waals surface area (Å²) in [6, 6.07) is 2.07. The maximum absolute atomic E-state index is 13.1. The zero-order chi connectivity index (χ0) is 20.3. The van der Waals surface area contributed by atoms with Crippen molar-refractivity contribution in [2.45, 2.75) is 70.6 Å². The van der Waals surface area contributed by atoms with E-state index in [1.165, 1.54) is 32.1 Å². The number of hydrogen-bond donors (Lipinski definition) is 1. The number of amides is 1. The molecule has 1 saturated heterocycles. The molecule has 3 aliphatic rings. The lowest BCUT2D eigenvalue weighted by molar-refractivity contribution is -0.156. The molecule has 7 heteroatoms. The Hall–Kier alpha value is -1.73. The largest absolute Gasteiger partial charge is 0.378 e. The van der Waals surface area contributed by atoms with E-state index in [-0.39, 0.29) is 17.4 Å². The summed E-state index contributed by atoms with van der Waals surface area (Å²) in [6.45, 7) is 7.90. The summed E-state index contributed by atoms with van der Waals surface area (Å²) in [7, 11) is 0. The van der Waals surface area contributed by atoms with Crippen LogP contribution in [0, 0.1) is 5.41 Å². The zero-order valence-electron chi connectivity index (χ0n) is 17.8. The standard InChI is InChI=1S/C22H35N5O2/c1-3-29-19-16-18(22(19)8-5-4-6-9-22)25-17(2)20(28)26-12-14-27(15-13-26)21-23-10-7-11-24-21/h7,10-11,17-19,25H,3-6,8-9,12-16H2,1-2H3/t17-,18-,19+/m0/s1. The Morgan fingerprint density at radius 1 is 1.21 bits per heavy atom. The van der Waals surface area contributed by atoms with Crippen LogP contribution in [-0.2, 0) is 9.53 Å². The Morgan fingerprint density at radius 2 is 1.90 bits per heavy atom. The van der Waals surface area contributed by atoms with Gasteiger partial charge in [0.15, 0.2) is 0 Å². The lowest BCUT2D eigenvalue weighted by atomic mass is 9.55. The fourth-order valence-corrected chi connectivity index (χ4v) is 5.53. The molecule has 160 valence electrons. The van der Waals surface area contributed by atoms with Gasteiger partial charge in [0.25, 0.3) is 0 Å². The van der Waals surface area contributed by atoms with Crippen molar-refractivity contribution in [2.75, 3.05) is 37.7 Å². The average Bonchev–Trinajstić information content (AvgIpc) is 2.79. The summed E-state index contributed by atoms with van der Waals surface area (Å²) in [5.74, 6) is 0.964.